The first-order valence-electron chi connectivity index (χ1n) is 6.22. The van der Waals surface area contributed by atoms with Crippen molar-refractivity contribution in [1.29, 1.82) is 0 Å². The summed E-state index contributed by atoms with van der Waals surface area (Å²) < 4.78 is 19.0. The Morgan fingerprint density at radius 2 is 1.95 bits per heavy atom. The number of benzene rings is 2. The highest BCUT2D eigenvalue weighted by molar-refractivity contribution is 5.93. The lowest BCUT2D eigenvalue weighted by molar-refractivity contribution is 0.475. The molecule has 3 rings (SSSR count). The van der Waals surface area contributed by atoms with Crippen LogP contribution in [-0.4, -0.2) is 4.98 Å². The first-order chi connectivity index (χ1) is 9.65. The van der Waals surface area contributed by atoms with Crippen molar-refractivity contribution in [2.75, 3.05) is 5.73 Å². The molecule has 0 aliphatic heterocycles. The molecule has 2 aromatic carbocycles. The topological polar surface area (TPSA) is 48.1 Å². The highest BCUT2D eigenvalue weighted by Gasteiger charge is 2.09. The number of pyridine rings is 1. The fraction of sp³-hybridized carbons (Fsp3) is 0.0625. The van der Waals surface area contributed by atoms with Gasteiger partial charge in [-0.1, -0.05) is 6.07 Å². The van der Waals surface area contributed by atoms with Gasteiger partial charge in [0.15, 0.2) is 5.75 Å². The molecule has 0 aliphatic carbocycles. The van der Waals surface area contributed by atoms with Crippen LogP contribution in [0.1, 0.15) is 5.56 Å². The molecule has 0 amide bonds. The van der Waals surface area contributed by atoms with E-state index in [0.29, 0.717) is 17.2 Å². The second-order valence-corrected chi connectivity index (χ2v) is 4.56. The average Bonchev–Trinajstić information content (AvgIpc) is 2.46. The molecule has 0 fully saturated rings. The molecule has 0 bridgehead atoms. The molecule has 3 aromatic rings. The van der Waals surface area contributed by atoms with Gasteiger partial charge in [-0.25, -0.2) is 4.39 Å². The van der Waals surface area contributed by atoms with Gasteiger partial charge in [0.2, 0.25) is 0 Å². The number of anilines is 1. The summed E-state index contributed by atoms with van der Waals surface area (Å²) in [4.78, 5) is 4.23. The van der Waals surface area contributed by atoms with Crippen molar-refractivity contribution in [3.63, 3.8) is 0 Å². The van der Waals surface area contributed by atoms with E-state index in [1.54, 1.807) is 18.3 Å². The fourth-order valence-electron chi connectivity index (χ4n) is 2.05. The molecule has 1 heterocycles. The third kappa shape index (κ3) is 2.16. The van der Waals surface area contributed by atoms with Crippen molar-refractivity contribution in [2.45, 2.75) is 6.92 Å². The summed E-state index contributed by atoms with van der Waals surface area (Å²) in [6, 6.07) is 11.7. The molecule has 2 N–H and O–H groups in total. The molecule has 20 heavy (non-hydrogen) atoms. The van der Waals surface area contributed by atoms with E-state index in [1.807, 2.05) is 25.1 Å². The minimum absolute atomic E-state index is 0.341. The second-order valence-electron chi connectivity index (χ2n) is 4.56. The van der Waals surface area contributed by atoms with Crippen LogP contribution in [-0.2, 0) is 0 Å². The summed E-state index contributed by atoms with van der Waals surface area (Å²) in [6.07, 6.45) is 1.71. The Morgan fingerprint density at radius 1 is 1.10 bits per heavy atom. The molecule has 0 saturated heterocycles. The number of nitrogen functional groups attached to an aromatic ring is 1. The zero-order valence-corrected chi connectivity index (χ0v) is 10.9. The molecule has 0 spiro atoms. The van der Waals surface area contributed by atoms with E-state index in [0.717, 1.165) is 16.5 Å². The second kappa shape index (κ2) is 4.81. The van der Waals surface area contributed by atoms with Gasteiger partial charge in [-0.2, -0.15) is 0 Å². The van der Waals surface area contributed by atoms with Gasteiger partial charge >= 0.3 is 0 Å². The van der Waals surface area contributed by atoms with Crippen molar-refractivity contribution in [2.24, 2.45) is 0 Å². The first kappa shape index (κ1) is 12.4. The lowest BCUT2D eigenvalue weighted by atomic mass is 10.1. The van der Waals surface area contributed by atoms with Crippen LogP contribution in [0, 0.1) is 12.7 Å². The highest BCUT2D eigenvalue weighted by atomic mass is 19.1. The summed E-state index contributed by atoms with van der Waals surface area (Å²) >= 11 is 0. The fourth-order valence-corrected chi connectivity index (χ4v) is 2.05. The number of ether oxygens (including phenoxy) is 1. The van der Waals surface area contributed by atoms with Gasteiger partial charge in [-0.3, -0.25) is 4.98 Å². The predicted molar refractivity (Wildman–Crippen MR) is 77.4 cm³/mol. The summed E-state index contributed by atoms with van der Waals surface area (Å²) in [5.41, 5.74) is 8.24. The Morgan fingerprint density at radius 3 is 2.80 bits per heavy atom. The molecule has 0 unspecified atom stereocenters. The zero-order chi connectivity index (χ0) is 14.1. The Bertz CT molecular complexity index is 787. The number of aryl methyl sites for hydroxylation is 1. The summed E-state index contributed by atoms with van der Waals surface area (Å²) in [6.45, 7) is 1.85. The van der Waals surface area contributed by atoms with Crippen molar-refractivity contribution in [3.8, 4) is 11.5 Å². The zero-order valence-electron chi connectivity index (χ0n) is 10.9. The van der Waals surface area contributed by atoms with Crippen LogP contribution < -0.4 is 10.5 Å². The van der Waals surface area contributed by atoms with E-state index in [-0.39, 0.29) is 5.82 Å². The van der Waals surface area contributed by atoms with Crippen LogP contribution in [0.3, 0.4) is 0 Å². The van der Waals surface area contributed by atoms with Crippen molar-refractivity contribution < 1.29 is 9.13 Å². The van der Waals surface area contributed by atoms with Crippen LogP contribution in [0.4, 0.5) is 10.1 Å². The Labute approximate surface area is 115 Å². The molecular weight excluding hydrogens is 255 g/mol. The van der Waals surface area contributed by atoms with Crippen molar-refractivity contribution in [3.05, 3.63) is 60.0 Å². The number of fused-ring (bicyclic) bond motifs is 1. The molecule has 4 heteroatoms. The van der Waals surface area contributed by atoms with Crippen LogP contribution in [0.15, 0.2) is 48.7 Å². The normalized spacial score (nSPS) is 10.7. The van der Waals surface area contributed by atoms with Crippen LogP contribution in [0.25, 0.3) is 10.9 Å². The Hall–Kier alpha value is -2.62. The summed E-state index contributed by atoms with van der Waals surface area (Å²) in [5, 5.41) is 0.819. The number of hydrogen-bond acceptors (Lipinski definition) is 3. The first-order valence-corrected chi connectivity index (χ1v) is 6.22. The standard InChI is InChI=1S/C16H13FN2O/c1-10-4-5-11(17)9-15(10)20-14-7-6-13-12(16(14)18)3-2-8-19-13/h2-9H,18H2,1H3. The maximum atomic E-state index is 13.3. The molecule has 1 aromatic heterocycles. The number of nitrogens with zero attached hydrogens (tertiary/aromatic N) is 1. The lowest BCUT2D eigenvalue weighted by Crippen LogP contribution is -1.95. The molecular formula is C16H13FN2O. The van der Waals surface area contributed by atoms with Gasteiger partial charge < -0.3 is 10.5 Å². The minimum Gasteiger partial charge on any atom is -0.455 e. The van der Waals surface area contributed by atoms with E-state index in [1.165, 1.54) is 12.1 Å². The van der Waals surface area contributed by atoms with Crippen LogP contribution in [0.5, 0.6) is 11.5 Å². The van der Waals surface area contributed by atoms with Crippen LogP contribution >= 0.6 is 0 Å². The van der Waals surface area contributed by atoms with Gasteiger partial charge in [0.1, 0.15) is 11.6 Å². The van der Waals surface area contributed by atoms with Gasteiger partial charge in [0.05, 0.1) is 11.2 Å². The Kier molecular flexibility index (Phi) is 2.99. The van der Waals surface area contributed by atoms with E-state index in [4.69, 9.17) is 10.5 Å². The van der Waals surface area contributed by atoms with Crippen molar-refractivity contribution >= 4 is 16.6 Å². The molecule has 0 saturated carbocycles. The lowest BCUT2D eigenvalue weighted by Gasteiger charge is -2.12. The smallest absolute Gasteiger partial charge is 0.151 e. The predicted octanol–water partition coefficient (Wildman–Crippen LogP) is 4.06. The minimum atomic E-state index is -0.341. The van der Waals surface area contributed by atoms with Crippen LogP contribution in [0.2, 0.25) is 0 Å². The van der Waals surface area contributed by atoms with E-state index >= 15 is 0 Å². The number of halogens is 1. The molecule has 0 radical (unpaired) electrons. The molecule has 0 atom stereocenters. The quantitative estimate of drug-likeness (QED) is 0.713. The molecule has 100 valence electrons. The monoisotopic (exact) mass is 268 g/mol. The number of hydrogen-bond donors (Lipinski definition) is 1. The van der Waals surface area contributed by atoms with E-state index in [2.05, 4.69) is 4.98 Å². The van der Waals surface area contributed by atoms with E-state index < -0.39 is 0 Å². The largest absolute Gasteiger partial charge is 0.455 e. The maximum absolute atomic E-state index is 13.3. The van der Waals surface area contributed by atoms with Gasteiger partial charge in [0, 0.05) is 17.6 Å². The van der Waals surface area contributed by atoms with Gasteiger partial charge in [-0.05, 0) is 42.8 Å². The number of aromatic nitrogens is 1. The van der Waals surface area contributed by atoms with Gasteiger partial charge in [0.25, 0.3) is 0 Å². The average molecular weight is 268 g/mol. The van der Waals surface area contributed by atoms with E-state index in [9.17, 15) is 4.39 Å². The van der Waals surface area contributed by atoms with Gasteiger partial charge in [-0.15, -0.1) is 0 Å². The summed E-state index contributed by atoms with van der Waals surface area (Å²) in [5.74, 6) is 0.616. The Balaban J connectivity index is 2.07. The molecule has 3 nitrogen and oxygen atoms in total. The molecule has 0 aliphatic rings. The SMILES string of the molecule is Cc1ccc(F)cc1Oc1ccc2ncccc2c1N. The highest BCUT2D eigenvalue weighted by Crippen LogP contribution is 2.34. The van der Waals surface area contributed by atoms with Crippen molar-refractivity contribution in [1.82, 2.24) is 4.98 Å². The maximum Gasteiger partial charge on any atom is 0.151 e. The number of nitrogens with two attached hydrogens (primary N) is 1. The number of rotatable bonds is 2. The third-order valence-corrected chi connectivity index (χ3v) is 3.16. The summed E-state index contributed by atoms with van der Waals surface area (Å²) in [7, 11) is 0. The third-order valence-electron chi connectivity index (χ3n) is 3.16.